The molecular formula is C17H26O3S. The second-order valence-electron chi connectivity index (χ2n) is 5.85. The Kier molecular flexibility index (Phi) is 5.44. The highest BCUT2D eigenvalue weighted by Crippen LogP contribution is 2.36. The number of sulfone groups is 1. The van der Waals surface area contributed by atoms with Gasteiger partial charge in [0.2, 0.25) is 0 Å². The third-order valence-corrected chi connectivity index (χ3v) is 6.18. The molecule has 3 nitrogen and oxygen atoms in total. The largest absolute Gasteiger partial charge is 0.370 e. The lowest BCUT2D eigenvalue weighted by molar-refractivity contribution is 0.349. The molecule has 0 spiro atoms. The van der Waals surface area contributed by atoms with Gasteiger partial charge in [0, 0.05) is 0 Å². The van der Waals surface area contributed by atoms with Gasteiger partial charge < -0.3 is 4.74 Å². The van der Waals surface area contributed by atoms with Crippen LogP contribution in [0.2, 0.25) is 0 Å². The molecule has 21 heavy (non-hydrogen) atoms. The van der Waals surface area contributed by atoms with Crippen LogP contribution >= 0.6 is 0 Å². The molecule has 3 unspecified atom stereocenters. The SMILES string of the molecule is CCCS(=O)(=O)c1cccc(C(CC)CC2OC2CC)c1. The van der Waals surface area contributed by atoms with E-state index in [0.29, 0.717) is 29.4 Å². The molecule has 1 fully saturated rings. The van der Waals surface area contributed by atoms with Crippen LogP contribution in [0.5, 0.6) is 0 Å². The van der Waals surface area contributed by atoms with Crippen LogP contribution in [-0.4, -0.2) is 26.4 Å². The van der Waals surface area contributed by atoms with Gasteiger partial charge in [0.05, 0.1) is 22.9 Å². The van der Waals surface area contributed by atoms with Crippen LogP contribution in [0, 0.1) is 0 Å². The van der Waals surface area contributed by atoms with Crippen LogP contribution in [0.1, 0.15) is 57.9 Å². The Morgan fingerprint density at radius 3 is 2.52 bits per heavy atom. The molecule has 4 heteroatoms. The van der Waals surface area contributed by atoms with Gasteiger partial charge in [0.1, 0.15) is 0 Å². The molecule has 0 aromatic heterocycles. The maximum atomic E-state index is 12.2. The Morgan fingerprint density at radius 1 is 1.19 bits per heavy atom. The summed E-state index contributed by atoms with van der Waals surface area (Å²) in [7, 11) is -3.13. The summed E-state index contributed by atoms with van der Waals surface area (Å²) in [6, 6.07) is 7.49. The number of rotatable bonds is 8. The van der Waals surface area contributed by atoms with Crippen molar-refractivity contribution >= 4 is 9.84 Å². The van der Waals surface area contributed by atoms with Crippen LogP contribution < -0.4 is 0 Å². The molecule has 1 aromatic rings. The summed E-state index contributed by atoms with van der Waals surface area (Å²) in [6.07, 6.45) is 4.48. The van der Waals surface area contributed by atoms with Gasteiger partial charge in [-0.25, -0.2) is 8.42 Å². The van der Waals surface area contributed by atoms with Crippen LogP contribution in [0.4, 0.5) is 0 Å². The molecule has 0 saturated carbocycles. The van der Waals surface area contributed by atoms with Crippen molar-refractivity contribution in [1.82, 2.24) is 0 Å². The van der Waals surface area contributed by atoms with Crippen molar-refractivity contribution < 1.29 is 13.2 Å². The third-order valence-electron chi connectivity index (χ3n) is 4.26. The van der Waals surface area contributed by atoms with Crippen molar-refractivity contribution in [3.63, 3.8) is 0 Å². The molecule has 1 heterocycles. The topological polar surface area (TPSA) is 46.7 Å². The molecule has 1 aliphatic heterocycles. The summed E-state index contributed by atoms with van der Waals surface area (Å²) >= 11 is 0. The molecule has 0 aliphatic carbocycles. The molecule has 2 rings (SSSR count). The summed E-state index contributed by atoms with van der Waals surface area (Å²) in [5, 5.41) is 0. The zero-order chi connectivity index (χ0) is 15.5. The Morgan fingerprint density at radius 2 is 1.95 bits per heavy atom. The summed E-state index contributed by atoms with van der Waals surface area (Å²) in [5.74, 6) is 0.597. The first kappa shape index (κ1) is 16.5. The number of epoxide rings is 1. The van der Waals surface area contributed by atoms with E-state index in [0.717, 1.165) is 24.8 Å². The van der Waals surface area contributed by atoms with Crippen LogP contribution in [-0.2, 0) is 14.6 Å². The van der Waals surface area contributed by atoms with Crippen LogP contribution in [0.3, 0.4) is 0 Å². The first-order chi connectivity index (χ1) is 10.0. The lowest BCUT2D eigenvalue weighted by atomic mass is 9.91. The van der Waals surface area contributed by atoms with Crippen molar-refractivity contribution in [1.29, 1.82) is 0 Å². The van der Waals surface area contributed by atoms with Gasteiger partial charge in [0.25, 0.3) is 0 Å². The van der Waals surface area contributed by atoms with Gasteiger partial charge in [-0.1, -0.05) is 32.9 Å². The monoisotopic (exact) mass is 310 g/mol. The molecule has 1 aromatic carbocycles. The van der Waals surface area contributed by atoms with E-state index < -0.39 is 9.84 Å². The first-order valence-electron chi connectivity index (χ1n) is 8.00. The molecule has 3 atom stereocenters. The molecule has 1 saturated heterocycles. The molecule has 0 bridgehead atoms. The lowest BCUT2D eigenvalue weighted by Gasteiger charge is -2.15. The predicted octanol–water partition coefficient (Wildman–Crippen LogP) is 3.93. The minimum Gasteiger partial charge on any atom is -0.370 e. The summed E-state index contributed by atoms with van der Waals surface area (Å²) in [6.45, 7) is 6.19. The van der Waals surface area contributed by atoms with E-state index in [2.05, 4.69) is 13.8 Å². The third kappa shape index (κ3) is 4.07. The Labute approximate surface area is 128 Å². The van der Waals surface area contributed by atoms with Gasteiger partial charge in [-0.2, -0.15) is 0 Å². The summed E-state index contributed by atoms with van der Waals surface area (Å²) in [5.41, 5.74) is 1.13. The maximum absolute atomic E-state index is 12.2. The predicted molar refractivity (Wildman–Crippen MR) is 85.4 cm³/mol. The Bertz CT molecular complexity index is 565. The fourth-order valence-corrected chi connectivity index (χ4v) is 4.29. The number of benzene rings is 1. The van der Waals surface area contributed by atoms with Crippen molar-refractivity contribution in [2.45, 2.75) is 69.5 Å². The van der Waals surface area contributed by atoms with Crippen LogP contribution in [0.15, 0.2) is 29.2 Å². The van der Waals surface area contributed by atoms with E-state index in [1.54, 1.807) is 6.07 Å². The van der Waals surface area contributed by atoms with Crippen LogP contribution in [0.25, 0.3) is 0 Å². The molecule has 0 radical (unpaired) electrons. The quantitative estimate of drug-likeness (QED) is 0.683. The van der Waals surface area contributed by atoms with Crippen molar-refractivity contribution in [3.8, 4) is 0 Å². The minimum atomic E-state index is -3.13. The average molecular weight is 310 g/mol. The van der Waals surface area contributed by atoms with Gasteiger partial charge in [-0.15, -0.1) is 0 Å². The molecule has 118 valence electrons. The highest BCUT2D eigenvalue weighted by molar-refractivity contribution is 7.91. The van der Waals surface area contributed by atoms with E-state index in [4.69, 9.17) is 4.74 Å². The van der Waals surface area contributed by atoms with Gasteiger partial charge in [-0.3, -0.25) is 0 Å². The zero-order valence-electron chi connectivity index (χ0n) is 13.2. The Hall–Kier alpha value is -0.870. The first-order valence-corrected chi connectivity index (χ1v) is 9.65. The molecule has 0 amide bonds. The number of hydrogen-bond donors (Lipinski definition) is 0. The second kappa shape index (κ2) is 6.93. The van der Waals surface area contributed by atoms with Gasteiger partial charge in [-0.05, 0) is 49.3 Å². The highest BCUT2D eigenvalue weighted by Gasteiger charge is 2.38. The maximum Gasteiger partial charge on any atom is 0.178 e. The lowest BCUT2D eigenvalue weighted by Crippen LogP contribution is -2.08. The van der Waals surface area contributed by atoms with Crippen molar-refractivity contribution in [2.24, 2.45) is 0 Å². The van der Waals surface area contributed by atoms with E-state index >= 15 is 0 Å². The molecule has 0 N–H and O–H groups in total. The van der Waals surface area contributed by atoms with E-state index in [-0.39, 0.29) is 5.75 Å². The second-order valence-corrected chi connectivity index (χ2v) is 7.96. The Balaban J connectivity index is 2.15. The molecule has 1 aliphatic rings. The van der Waals surface area contributed by atoms with Crippen molar-refractivity contribution in [3.05, 3.63) is 29.8 Å². The summed E-state index contributed by atoms with van der Waals surface area (Å²) < 4.78 is 30.0. The minimum absolute atomic E-state index is 0.219. The standard InChI is InChI=1S/C17H26O3S/c1-4-10-21(18,19)15-9-7-8-14(11-15)13(5-2)12-17-16(6-3)20-17/h7-9,11,13,16-17H,4-6,10,12H2,1-3H3. The highest BCUT2D eigenvalue weighted by atomic mass is 32.2. The average Bonchev–Trinajstić information content (AvgIpc) is 3.23. The summed E-state index contributed by atoms with van der Waals surface area (Å²) in [4.78, 5) is 0.462. The number of hydrogen-bond acceptors (Lipinski definition) is 3. The fourth-order valence-electron chi connectivity index (χ4n) is 2.91. The van der Waals surface area contributed by atoms with E-state index in [1.165, 1.54) is 0 Å². The number of ether oxygens (including phenoxy) is 1. The molecular weight excluding hydrogens is 284 g/mol. The normalized spacial score (nSPS) is 23.0. The fraction of sp³-hybridized carbons (Fsp3) is 0.647. The van der Waals surface area contributed by atoms with Crippen molar-refractivity contribution in [2.75, 3.05) is 5.75 Å². The van der Waals surface area contributed by atoms with Gasteiger partial charge in [0.15, 0.2) is 9.84 Å². The zero-order valence-corrected chi connectivity index (χ0v) is 14.0. The van der Waals surface area contributed by atoms with E-state index in [1.807, 2.05) is 25.1 Å². The van der Waals surface area contributed by atoms with E-state index in [9.17, 15) is 8.42 Å². The van der Waals surface area contributed by atoms with Gasteiger partial charge >= 0.3 is 0 Å². The smallest absolute Gasteiger partial charge is 0.178 e.